The van der Waals surface area contributed by atoms with E-state index in [4.69, 9.17) is 0 Å². The number of benzene rings is 4. The van der Waals surface area contributed by atoms with E-state index < -0.39 is 0 Å². The summed E-state index contributed by atoms with van der Waals surface area (Å²) in [6.45, 7) is 6.86. The molecule has 0 aliphatic carbocycles. The highest BCUT2D eigenvalue weighted by atomic mass is 14.9. The Morgan fingerprint density at radius 1 is 0.500 bits per heavy atom. The summed E-state index contributed by atoms with van der Waals surface area (Å²) in [7, 11) is 0. The molecule has 0 aromatic heterocycles. The van der Waals surface area contributed by atoms with Gasteiger partial charge >= 0.3 is 0 Å². The molecule has 1 nitrogen and oxygen atoms in total. The van der Waals surface area contributed by atoms with Crippen LogP contribution in [0.15, 0.2) is 109 Å². The molecule has 4 rings (SSSR count). The standard InChI is InChI=1S/C31H33N/c1-23(2)22-31(27-12-8-5-9-13-27)28-16-20-30(21-17-28)32-29-18-14-26(15-19-29)24(3)25-10-6-4-7-11-25/h4-21,23-24,31-32H,22H2,1-3H3. The summed E-state index contributed by atoms with van der Waals surface area (Å²) >= 11 is 0. The lowest BCUT2D eigenvalue weighted by atomic mass is 9.84. The van der Waals surface area contributed by atoms with E-state index in [9.17, 15) is 0 Å². The van der Waals surface area contributed by atoms with Crippen LogP contribution in [0.3, 0.4) is 0 Å². The molecule has 2 unspecified atom stereocenters. The summed E-state index contributed by atoms with van der Waals surface area (Å²) in [6, 6.07) is 39.3. The molecule has 0 amide bonds. The number of hydrogen-bond donors (Lipinski definition) is 1. The van der Waals surface area contributed by atoms with Crippen LogP contribution in [0.2, 0.25) is 0 Å². The van der Waals surface area contributed by atoms with Gasteiger partial charge in [-0.3, -0.25) is 0 Å². The molecule has 4 aromatic rings. The molecule has 0 bridgehead atoms. The maximum atomic E-state index is 3.56. The molecular weight excluding hydrogens is 386 g/mol. The third kappa shape index (κ3) is 5.48. The monoisotopic (exact) mass is 419 g/mol. The van der Waals surface area contributed by atoms with Crippen LogP contribution in [0.5, 0.6) is 0 Å². The smallest absolute Gasteiger partial charge is 0.0384 e. The largest absolute Gasteiger partial charge is 0.356 e. The summed E-state index contributed by atoms with van der Waals surface area (Å²) in [5, 5.41) is 3.56. The predicted molar refractivity (Wildman–Crippen MR) is 138 cm³/mol. The van der Waals surface area contributed by atoms with Gasteiger partial charge in [0, 0.05) is 23.2 Å². The minimum atomic E-state index is 0.389. The van der Waals surface area contributed by atoms with Gasteiger partial charge in [0.2, 0.25) is 0 Å². The SMILES string of the molecule is CC(C)CC(c1ccccc1)c1ccc(Nc2ccc(C(C)c3ccccc3)cc2)cc1. The average molecular weight is 420 g/mol. The molecule has 0 saturated heterocycles. The van der Waals surface area contributed by atoms with Crippen LogP contribution < -0.4 is 5.32 Å². The van der Waals surface area contributed by atoms with Crippen LogP contribution >= 0.6 is 0 Å². The Morgan fingerprint density at radius 3 is 1.41 bits per heavy atom. The van der Waals surface area contributed by atoms with E-state index in [1.807, 2.05) is 0 Å². The van der Waals surface area contributed by atoms with Crippen LogP contribution in [-0.2, 0) is 0 Å². The highest BCUT2D eigenvalue weighted by Gasteiger charge is 2.15. The van der Waals surface area contributed by atoms with Crippen molar-refractivity contribution in [3.8, 4) is 0 Å². The van der Waals surface area contributed by atoms with Crippen molar-refractivity contribution in [2.45, 2.75) is 39.0 Å². The third-order valence-electron chi connectivity index (χ3n) is 6.22. The Bertz CT molecular complexity index is 1080. The van der Waals surface area contributed by atoms with Crippen LogP contribution in [0.4, 0.5) is 11.4 Å². The molecule has 2 atom stereocenters. The van der Waals surface area contributed by atoms with E-state index in [1.165, 1.54) is 22.3 Å². The van der Waals surface area contributed by atoms with E-state index in [0.29, 0.717) is 17.8 Å². The first-order chi connectivity index (χ1) is 15.6. The lowest BCUT2D eigenvalue weighted by molar-refractivity contribution is 0.541. The summed E-state index contributed by atoms with van der Waals surface area (Å²) < 4.78 is 0. The van der Waals surface area contributed by atoms with Crippen molar-refractivity contribution in [3.05, 3.63) is 131 Å². The van der Waals surface area contributed by atoms with Gasteiger partial charge in [-0.05, 0) is 58.9 Å². The van der Waals surface area contributed by atoms with E-state index >= 15 is 0 Å². The van der Waals surface area contributed by atoms with Crippen LogP contribution in [-0.4, -0.2) is 0 Å². The first-order valence-corrected chi connectivity index (χ1v) is 11.7. The zero-order chi connectivity index (χ0) is 22.3. The van der Waals surface area contributed by atoms with E-state index in [0.717, 1.165) is 17.8 Å². The summed E-state index contributed by atoms with van der Waals surface area (Å²) in [5.74, 6) is 1.47. The Hall–Kier alpha value is -3.32. The molecule has 0 heterocycles. The molecule has 4 aromatic carbocycles. The zero-order valence-electron chi connectivity index (χ0n) is 19.3. The predicted octanol–water partition coefficient (Wildman–Crippen LogP) is 8.76. The second-order valence-electron chi connectivity index (χ2n) is 9.09. The van der Waals surface area contributed by atoms with E-state index in [-0.39, 0.29) is 0 Å². The summed E-state index contributed by atoms with van der Waals surface area (Å²) in [6.07, 6.45) is 1.15. The maximum absolute atomic E-state index is 3.56. The van der Waals surface area contributed by atoms with Crippen LogP contribution in [0.1, 0.15) is 61.3 Å². The Morgan fingerprint density at radius 2 is 0.906 bits per heavy atom. The maximum Gasteiger partial charge on any atom is 0.0384 e. The van der Waals surface area contributed by atoms with Gasteiger partial charge in [0.15, 0.2) is 0 Å². The molecular formula is C31H33N. The van der Waals surface area contributed by atoms with E-state index in [2.05, 4.69) is 135 Å². The number of nitrogens with one attached hydrogen (secondary N) is 1. The summed E-state index contributed by atoms with van der Waals surface area (Å²) in [4.78, 5) is 0. The van der Waals surface area contributed by atoms with Crippen molar-refractivity contribution < 1.29 is 0 Å². The third-order valence-corrected chi connectivity index (χ3v) is 6.22. The summed E-state index contributed by atoms with van der Waals surface area (Å²) in [5.41, 5.74) is 7.68. The molecule has 0 fully saturated rings. The van der Waals surface area contributed by atoms with Gasteiger partial charge in [0.25, 0.3) is 0 Å². The fourth-order valence-electron chi connectivity index (χ4n) is 4.38. The van der Waals surface area contributed by atoms with Crippen LogP contribution in [0.25, 0.3) is 0 Å². The van der Waals surface area contributed by atoms with Gasteiger partial charge < -0.3 is 5.32 Å². The number of rotatable bonds is 8. The minimum absolute atomic E-state index is 0.389. The Balaban J connectivity index is 1.46. The minimum Gasteiger partial charge on any atom is -0.356 e. The first kappa shape index (κ1) is 21.9. The lowest BCUT2D eigenvalue weighted by Crippen LogP contribution is -2.05. The first-order valence-electron chi connectivity index (χ1n) is 11.7. The molecule has 0 spiro atoms. The second kappa shape index (κ2) is 10.3. The van der Waals surface area contributed by atoms with Crippen molar-refractivity contribution in [2.24, 2.45) is 5.92 Å². The molecule has 32 heavy (non-hydrogen) atoms. The average Bonchev–Trinajstić information content (AvgIpc) is 2.84. The topological polar surface area (TPSA) is 12.0 Å². The fraction of sp³-hybridized carbons (Fsp3) is 0.226. The number of anilines is 2. The lowest BCUT2D eigenvalue weighted by Gasteiger charge is -2.21. The molecule has 0 saturated carbocycles. The second-order valence-corrected chi connectivity index (χ2v) is 9.09. The highest BCUT2D eigenvalue weighted by molar-refractivity contribution is 5.60. The molecule has 1 N–H and O–H groups in total. The highest BCUT2D eigenvalue weighted by Crippen LogP contribution is 2.32. The number of hydrogen-bond acceptors (Lipinski definition) is 1. The zero-order valence-corrected chi connectivity index (χ0v) is 19.3. The molecule has 0 aliphatic heterocycles. The molecule has 0 aliphatic rings. The van der Waals surface area contributed by atoms with Gasteiger partial charge in [-0.15, -0.1) is 0 Å². The molecule has 1 heteroatoms. The van der Waals surface area contributed by atoms with Crippen molar-refractivity contribution in [2.75, 3.05) is 5.32 Å². The fourth-order valence-corrected chi connectivity index (χ4v) is 4.38. The van der Waals surface area contributed by atoms with Crippen LogP contribution in [0, 0.1) is 5.92 Å². The van der Waals surface area contributed by atoms with Crippen molar-refractivity contribution in [3.63, 3.8) is 0 Å². The van der Waals surface area contributed by atoms with Gasteiger partial charge in [0.05, 0.1) is 0 Å². The van der Waals surface area contributed by atoms with Gasteiger partial charge in [0.1, 0.15) is 0 Å². The Labute approximate surface area is 193 Å². The normalized spacial score (nSPS) is 13.0. The Kier molecular flexibility index (Phi) is 7.07. The van der Waals surface area contributed by atoms with Crippen molar-refractivity contribution in [1.82, 2.24) is 0 Å². The van der Waals surface area contributed by atoms with Gasteiger partial charge in [-0.2, -0.15) is 0 Å². The van der Waals surface area contributed by atoms with Crippen molar-refractivity contribution in [1.29, 1.82) is 0 Å². The molecule has 162 valence electrons. The van der Waals surface area contributed by atoms with E-state index in [1.54, 1.807) is 0 Å². The van der Waals surface area contributed by atoms with Crippen molar-refractivity contribution >= 4 is 11.4 Å². The quantitative estimate of drug-likeness (QED) is 0.301. The van der Waals surface area contributed by atoms with Gasteiger partial charge in [-0.1, -0.05) is 106 Å². The molecule has 0 radical (unpaired) electrons. The van der Waals surface area contributed by atoms with Gasteiger partial charge in [-0.25, -0.2) is 0 Å².